The zero-order valence-corrected chi connectivity index (χ0v) is 14.5. The number of halogens is 3. The number of H-pyrrole nitrogens is 1. The van der Waals surface area contributed by atoms with Crippen LogP contribution in [0.25, 0.3) is 5.65 Å². The predicted molar refractivity (Wildman–Crippen MR) is 89.2 cm³/mol. The van der Waals surface area contributed by atoms with Crippen molar-refractivity contribution in [2.45, 2.75) is 31.9 Å². The van der Waals surface area contributed by atoms with Crippen LogP contribution >= 0.6 is 0 Å². The van der Waals surface area contributed by atoms with Gasteiger partial charge in [-0.15, -0.1) is 0 Å². The molecule has 1 saturated heterocycles. The lowest BCUT2D eigenvalue weighted by molar-refractivity contribution is -0.142. The summed E-state index contributed by atoms with van der Waals surface area (Å²) in [4.78, 5) is 25.8. The molecule has 1 aliphatic heterocycles. The van der Waals surface area contributed by atoms with Crippen molar-refractivity contribution in [2.75, 3.05) is 13.1 Å². The maximum absolute atomic E-state index is 13.3. The number of imidazole rings is 1. The number of fused-ring (bicyclic) bond motifs is 1. The first kappa shape index (κ1) is 17.5. The van der Waals surface area contributed by atoms with Gasteiger partial charge in [0.05, 0.1) is 0 Å². The molecule has 0 spiro atoms. The van der Waals surface area contributed by atoms with Gasteiger partial charge in [-0.25, -0.2) is 14.5 Å². The van der Waals surface area contributed by atoms with Crippen LogP contribution in [0.4, 0.5) is 13.2 Å². The quantitative estimate of drug-likeness (QED) is 0.744. The highest BCUT2D eigenvalue weighted by Gasteiger charge is 2.36. The number of nitrogens with zero attached hydrogens (tertiary/aromatic N) is 5. The second kappa shape index (κ2) is 6.36. The fourth-order valence-electron chi connectivity index (χ4n) is 3.45. The molecule has 1 aliphatic rings. The summed E-state index contributed by atoms with van der Waals surface area (Å²) in [6.45, 7) is 2.45. The Morgan fingerprint density at radius 3 is 2.85 bits per heavy atom. The molecule has 1 N–H and O–H groups in total. The molecule has 4 heterocycles. The SMILES string of the molecule is Cc1cc(C(F)(F)F)n2nc(C(=O)N3CCCC(c4ncc[nH]4)C3)cc2n1. The van der Waals surface area contributed by atoms with Gasteiger partial charge < -0.3 is 9.88 Å². The molecule has 0 bridgehead atoms. The summed E-state index contributed by atoms with van der Waals surface area (Å²) in [7, 11) is 0. The van der Waals surface area contributed by atoms with Crippen LogP contribution in [0.3, 0.4) is 0 Å². The summed E-state index contributed by atoms with van der Waals surface area (Å²) in [6.07, 6.45) is 0.473. The van der Waals surface area contributed by atoms with Gasteiger partial charge in [-0.05, 0) is 25.8 Å². The molecule has 0 saturated carbocycles. The number of amides is 1. The molecule has 0 aliphatic carbocycles. The summed E-state index contributed by atoms with van der Waals surface area (Å²) < 4.78 is 40.5. The Balaban J connectivity index is 1.65. The van der Waals surface area contributed by atoms with Crippen LogP contribution < -0.4 is 0 Å². The molecule has 1 atom stereocenters. The molecule has 27 heavy (non-hydrogen) atoms. The molecule has 1 fully saturated rings. The van der Waals surface area contributed by atoms with Gasteiger partial charge in [0.25, 0.3) is 5.91 Å². The molecule has 4 rings (SSSR count). The average Bonchev–Trinajstić information content (AvgIpc) is 3.29. The molecular formula is C17H17F3N6O. The summed E-state index contributed by atoms with van der Waals surface area (Å²) in [5.74, 6) is 0.475. The van der Waals surface area contributed by atoms with Gasteiger partial charge in [-0.2, -0.15) is 18.3 Å². The van der Waals surface area contributed by atoms with Crippen molar-refractivity contribution < 1.29 is 18.0 Å². The molecule has 1 amide bonds. The van der Waals surface area contributed by atoms with E-state index in [0.29, 0.717) is 17.6 Å². The third-order valence-corrected chi connectivity index (χ3v) is 4.68. The van der Waals surface area contributed by atoms with Gasteiger partial charge in [-0.1, -0.05) is 0 Å². The number of aromatic amines is 1. The lowest BCUT2D eigenvalue weighted by atomic mass is 9.97. The summed E-state index contributed by atoms with van der Waals surface area (Å²) >= 11 is 0. The Kier molecular flexibility index (Phi) is 4.12. The molecule has 0 radical (unpaired) electrons. The fraction of sp³-hybridized carbons (Fsp3) is 0.412. The van der Waals surface area contributed by atoms with E-state index in [-0.39, 0.29) is 23.0 Å². The van der Waals surface area contributed by atoms with Crippen molar-refractivity contribution in [3.63, 3.8) is 0 Å². The van der Waals surface area contributed by atoms with Crippen LogP contribution in [-0.4, -0.2) is 48.5 Å². The maximum Gasteiger partial charge on any atom is 0.433 e. The molecule has 142 valence electrons. The van der Waals surface area contributed by atoms with Gasteiger partial charge in [0, 0.05) is 43.2 Å². The van der Waals surface area contributed by atoms with Crippen molar-refractivity contribution >= 4 is 11.6 Å². The number of hydrogen-bond donors (Lipinski definition) is 1. The maximum atomic E-state index is 13.3. The van der Waals surface area contributed by atoms with Gasteiger partial charge in [-0.3, -0.25) is 4.79 Å². The third kappa shape index (κ3) is 3.26. The number of aromatic nitrogens is 5. The van der Waals surface area contributed by atoms with Crippen molar-refractivity contribution in [2.24, 2.45) is 0 Å². The van der Waals surface area contributed by atoms with E-state index in [1.54, 1.807) is 17.3 Å². The Labute approximate surface area is 152 Å². The van der Waals surface area contributed by atoms with Crippen molar-refractivity contribution in [3.8, 4) is 0 Å². The summed E-state index contributed by atoms with van der Waals surface area (Å²) in [5.41, 5.74) is -0.773. The zero-order valence-electron chi connectivity index (χ0n) is 14.5. The fourth-order valence-corrected chi connectivity index (χ4v) is 3.45. The Hall–Kier alpha value is -2.91. The normalized spacial score (nSPS) is 18.2. The standard InChI is InChI=1S/C17H17F3N6O/c1-10-7-13(17(18,19)20)26-14(23-10)8-12(24-26)16(27)25-6-2-3-11(9-25)15-21-4-5-22-15/h4-5,7-8,11H,2-3,6,9H2,1H3,(H,21,22). The van der Waals surface area contributed by atoms with Crippen molar-refractivity contribution in [1.82, 2.24) is 29.5 Å². The van der Waals surface area contributed by atoms with Crippen molar-refractivity contribution in [3.05, 3.63) is 47.4 Å². The number of likely N-dealkylation sites (tertiary alicyclic amines) is 1. The number of carbonyl (C=O) groups excluding carboxylic acids is 1. The Morgan fingerprint density at radius 1 is 1.33 bits per heavy atom. The van der Waals surface area contributed by atoms with Crippen LogP contribution in [0.5, 0.6) is 0 Å². The van der Waals surface area contributed by atoms with E-state index in [4.69, 9.17) is 0 Å². The number of piperidine rings is 1. The molecule has 1 unspecified atom stereocenters. The largest absolute Gasteiger partial charge is 0.433 e. The first-order valence-corrected chi connectivity index (χ1v) is 8.56. The number of carbonyl (C=O) groups is 1. The average molecular weight is 378 g/mol. The monoisotopic (exact) mass is 378 g/mol. The molecule has 7 nitrogen and oxygen atoms in total. The van der Waals surface area contributed by atoms with Gasteiger partial charge in [0.2, 0.25) is 0 Å². The highest BCUT2D eigenvalue weighted by Crippen LogP contribution is 2.30. The van der Waals surface area contributed by atoms with Gasteiger partial charge in [0.15, 0.2) is 11.3 Å². The van der Waals surface area contributed by atoms with E-state index in [9.17, 15) is 18.0 Å². The lowest BCUT2D eigenvalue weighted by Gasteiger charge is -2.31. The number of nitrogens with one attached hydrogen (secondary N) is 1. The van der Waals surface area contributed by atoms with E-state index in [1.807, 2.05) is 0 Å². The smallest absolute Gasteiger partial charge is 0.348 e. The van der Waals surface area contributed by atoms with E-state index in [2.05, 4.69) is 20.1 Å². The topological polar surface area (TPSA) is 79.2 Å². The number of hydrogen-bond acceptors (Lipinski definition) is 4. The second-order valence-electron chi connectivity index (χ2n) is 6.64. The van der Waals surface area contributed by atoms with Gasteiger partial charge >= 0.3 is 6.18 Å². The van der Waals surface area contributed by atoms with E-state index in [1.165, 1.54) is 13.0 Å². The summed E-state index contributed by atoms with van der Waals surface area (Å²) in [5, 5.41) is 3.90. The van der Waals surface area contributed by atoms with Crippen LogP contribution in [0.2, 0.25) is 0 Å². The summed E-state index contributed by atoms with van der Waals surface area (Å²) in [6, 6.07) is 2.23. The lowest BCUT2D eigenvalue weighted by Crippen LogP contribution is -2.39. The van der Waals surface area contributed by atoms with Crippen LogP contribution in [-0.2, 0) is 6.18 Å². The first-order valence-electron chi connectivity index (χ1n) is 8.56. The highest BCUT2D eigenvalue weighted by molar-refractivity contribution is 5.93. The van der Waals surface area contributed by atoms with Crippen LogP contribution in [0.1, 0.15) is 46.5 Å². The second-order valence-corrected chi connectivity index (χ2v) is 6.64. The predicted octanol–water partition coefficient (Wildman–Crippen LogP) is 2.80. The minimum Gasteiger partial charge on any atom is -0.348 e. The van der Waals surface area contributed by atoms with E-state index >= 15 is 0 Å². The minimum atomic E-state index is -4.59. The number of alkyl halides is 3. The molecular weight excluding hydrogens is 361 g/mol. The Bertz CT molecular complexity index is 979. The minimum absolute atomic E-state index is 0.00488. The van der Waals surface area contributed by atoms with Crippen molar-refractivity contribution in [1.29, 1.82) is 0 Å². The molecule has 10 heteroatoms. The van der Waals surface area contributed by atoms with E-state index in [0.717, 1.165) is 24.7 Å². The highest BCUT2D eigenvalue weighted by atomic mass is 19.4. The first-order chi connectivity index (χ1) is 12.8. The van der Waals surface area contributed by atoms with E-state index < -0.39 is 17.8 Å². The van der Waals surface area contributed by atoms with Crippen LogP contribution in [0.15, 0.2) is 24.5 Å². The molecule has 0 aromatic carbocycles. The number of rotatable bonds is 2. The molecule has 3 aromatic heterocycles. The Morgan fingerprint density at radius 2 is 2.15 bits per heavy atom. The van der Waals surface area contributed by atoms with Gasteiger partial charge in [0.1, 0.15) is 11.5 Å². The zero-order chi connectivity index (χ0) is 19.2. The third-order valence-electron chi connectivity index (χ3n) is 4.68. The van der Waals surface area contributed by atoms with Crippen LogP contribution in [0, 0.1) is 6.92 Å². The molecule has 3 aromatic rings. The number of aryl methyl sites for hydroxylation is 1.